The minimum absolute atomic E-state index is 0.0218. The van der Waals surface area contributed by atoms with Crippen LogP contribution in [-0.2, 0) is 0 Å². The first-order valence-electron chi connectivity index (χ1n) is 7.78. The second-order valence-electron chi connectivity index (χ2n) is 5.28. The Morgan fingerprint density at radius 1 is 0.714 bits per heavy atom. The number of hydrogen-bond donors (Lipinski definition) is 0. The lowest BCUT2D eigenvalue weighted by molar-refractivity contribution is 0.0947. The Morgan fingerprint density at radius 2 is 1.19 bits per heavy atom. The van der Waals surface area contributed by atoms with Crippen molar-refractivity contribution in [1.82, 2.24) is 0 Å². The molecule has 0 bridgehead atoms. The standard InChI is InChI=1S/C18H24O3/c1-4-7-16(19)13-10-11-14(17(20)8-5-2)15(12-13)18(21)9-6-3/h10-12H,4-9H2,1-3H3. The minimum Gasteiger partial charge on any atom is -0.294 e. The van der Waals surface area contributed by atoms with Crippen LogP contribution in [0.15, 0.2) is 18.2 Å². The molecule has 0 radical (unpaired) electrons. The molecule has 0 heterocycles. The van der Waals surface area contributed by atoms with E-state index in [1.807, 2.05) is 20.8 Å². The highest BCUT2D eigenvalue weighted by molar-refractivity contribution is 6.10. The third-order valence-electron chi connectivity index (χ3n) is 3.37. The van der Waals surface area contributed by atoms with Gasteiger partial charge < -0.3 is 0 Å². The van der Waals surface area contributed by atoms with E-state index in [0.717, 1.165) is 19.3 Å². The first-order valence-corrected chi connectivity index (χ1v) is 7.78. The van der Waals surface area contributed by atoms with Crippen molar-refractivity contribution < 1.29 is 14.4 Å². The normalized spacial score (nSPS) is 10.4. The van der Waals surface area contributed by atoms with Crippen LogP contribution in [0.2, 0.25) is 0 Å². The zero-order valence-corrected chi connectivity index (χ0v) is 13.2. The van der Waals surface area contributed by atoms with Gasteiger partial charge in [0.2, 0.25) is 0 Å². The number of carbonyl (C=O) groups is 3. The SMILES string of the molecule is CCCC(=O)c1ccc(C(=O)CCC)c(C(=O)CCC)c1. The molecular formula is C18H24O3. The lowest BCUT2D eigenvalue weighted by Crippen LogP contribution is -2.11. The number of rotatable bonds is 9. The maximum atomic E-state index is 12.2. The van der Waals surface area contributed by atoms with Crippen molar-refractivity contribution in [3.05, 3.63) is 34.9 Å². The van der Waals surface area contributed by atoms with Gasteiger partial charge >= 0.3 is 0 Å². The quantitative estimate of drug-likeness (QED) is 0.622. The van der Waals surface area contributed by atoms with E-state index in [9.17, 15) is 14.4 Å². The van der Waals surface area contributed by atoms with Crippen LogP contribution >= 0.6 is 0 Å². The summed E-state index contributed by atoms with van der Waals surface area (Å²) in [6, 6.07) is 4.92. The second-order valence-corrected chi connectivity index (χ2v) is 5.28. The second kappa shape index (κ2) is 8.50. The van der Waals surface area contributed by atoms with Crippen LogP contribution in [-0.4, -0.2) is 17.3 Å². The van der Waals surface area contributed by atoms with Gasteiger partial charge in [-0.05, 0) is 31.4 Å². The van der Waals surface area contributed by atoms with Gasteiger partial charge in [-0.2, -0.15) is 0 Å². The Balaban J connectivity index is 3.22. The highest BCUT2D eigenvalue weighted by atomic mass is 16.1. The Morgan fingerprint density at radius 3 is 1.71 bits per heavy atom. The molecule has 0 aliphatic carbocycles. The van der Waals surface area contributed by atoms with Crippen molar-refractivity contribution in [2.24, 2.45) is 0 Å². The van der Waals surface area contributed by atoms with E-state index >= 15 is 0 Å². The molecule has 1 aromatic carbocycles. The number of carbonyl (C=O) groups excluding carboxylic acids is 3. The average Bonchev–Trinajstić information content (AvgIpc) is 2.47. The van der Waals surface area contributed by atoms with E-state index in [-0.39, 0.29) is 17.3 Å². The van der Waals surface area contributed by atoms with Gasteiger partial charge in [-0.15, -0.1) is 0 Å². The lowest BCUT2D eigenvalue weighted by atomic mass is 9.92. The highest BCUT2D eigenvalue weighted by Crippen LogP contribution is 2.19. The maximum absolute atomic E-state index is 12.2. The van der Waals surface area contributed by atoms with Crippen molar-refractivity contribution in [1.29, 1.82) is 0 Å². The summed E-state index contributed by atoms with van der Waals surface area (Å²) >= 11 is 0. The predicted octanol–water partition coefficient (Wildman–Crippen LogP) is 4.64. The molecular weight excluding hydrogens is 264 g/mol. The van der Waals surface area contributed by atoms with Crippen LogP contribution in [0, 0.1) is 0 Å². The molecule has 3 nitrogen and oxygen atoms in total. The molecule has 114 valence electrons. The van der Waals surface area contributed by atoms with Crippen molar-refractivity contribution in [3.63, 3.8) is 0 Å². The first kappa shape index (κ1) is 17.3. The Bertz CT molecular complexity index is 529. The van der Waals surface area contributed by atoms with E-state index < -0.39 is 0 Å². The van der Waals surface area contributed by atoms with Crippen LogP contribution in [0.5, 0.6) is 0 Å². The third-order valence-corrected chi connectivity index (χ3v) is 3.37. The Labute approximate surface area is 126 Å². The predicted molar refractivity (Wildman–Crippen MR) is 84.2 cm³/mol. The van der Waals surface area contributed by atoms with Gasteiger partial charge in [-0.1, -0.05) is 26.8 Å². The van der Waals surface area contributed by atoms with Gasteiger partial charge in [-0.25, -0.2) is 0 Å². The molecule has 0 amide bonds. The summed E-state index contributed by atoms with van der Waals surface area (Å²) in [7, 11) is 0. The van der Waals surface area contributed by atoms with Crippen molar-refractivity contribution >= 4 is 17.3 Å². The molecule has 0 aromatic heterocycles. The highest BCUT2D eigenvalue weighted by Gasteiger charge is 2.18. The molecule has 0 saturated heterocycles. The van der Waals surface area contributed by atoms with Gasteiger partial charge in [0.25, 0.3) is 0 Å². The largest absolute Gasteiger partial charge is 0.294 e. The summed E-state index contributed by atoms with van der Waals surface area (Å²) in [4.78, 5) is 36.4. The van der Waals surface area contributed by atoms with E-state index in [1.54, 1.807) is 18.2 Å². The first-order chi connectivity index (χ1) is 10.0. The Hall–Kier alpha value is -1.77. The number of ketones is 3. The molecule has 0 aliphatic heterocycles. The van der Waals surface area contributed by atoms with E-state index in [1.165, 1.54) is 0 Å². The van der Waals surface area contributed by atoms with Gasteiger partial charge in [-0.3, -0.25) is 14.4 Å². The Kier molecular flexibility index (Phi) is 7.00. The fourth-order valence-electron chi connectivity index (χ4n) is 2.29. The maximum Gasteiger partial charge on any atom is 0.163 e. The molecule has 0 N–H and O–H groups in total. The smallest absolute Gasteiger partial charge is 0.163 e. The summed E-state index contributed by atoms with van der Waals surface area (Å²) in [5, 5.41) is 0. The summed E-state index contributed by atoms with van der Waals surface area (Å²) in [6.07, 6.45) is 3.54. The average molecular weight is 288 g/mol. The molecule has 21 heavy (non-hydrogen) atoms. The molecule has 0 fully saturated rings. The number of hydrogen-bond acceptors (Lipinski definition) is 3. The molecule has 0 aliphatic rings. The number of benzene rings is 1. The molecule has 1 rings (SSSR count). The molecule has 3 heteroatoms. The topological polar surface area (TPSA) is 51.2 Å². The molecule has 0 unspecified atom stereocenters. The molecule has 0 atom stereocenters. The van der Waals surface area contributed by atoms with E-state index in [2.05, 4.69) is 0 Å². The van der Waals surface area contributed by atoms with Crippen LogP contribution in [0.25, 0.3) is 0 Å². The fourth-order valence-corrected chi connectivity index (χ4v) is 2.29. The summed E-state index contributed by atoms with van der Waals surface area (Å²) in [5.74, 6) is -0.0490. The zero-order chi connectivity index (χ0) is 15.8. The summed E-state index contributed by atoms with van der Waals surface area (Å²) in [5.41, 5.74) is 1.41. The minimum atomic E-state index is -0.0527. The van der Waals surface area contributed by atoms with Crippen LogP contribution < -0.4 is 0 Å². The van der Waals surface area contributed by atoms with E-state index in [0.29, 0.717) is 36.0 Å². The molecule has 0 saturated carbocycles. The number of Topliss-reactive ketones (excluding diaryl/α,β-unsaturated/α-hetero) is 3. The summed E-state index contributed by atoms with van der Waals surface area (Å²) in [6.45, 7) is 5.81. The van der Waals surface area contributed by atoms with Crippen LogP contribution in [0.1, 0.15) is 90.4 Å². The zero-order valence-electron chi connectivity index (χ0n) is 13.2. The molecule has 1 aromatic rings. The van der Waals surface area contributed by atoms with Gasteiger partial charge in [0.1, 0.15) is 0 Å². The summed E-state index contributed by atoms with van der Waals surface area (Å²) < 4.78 is 0. The van der Waals surface area contributed by atoms with E-state index in [4.69, 9.17) is 0 Å². The van der Waals surface area contributed by atoms with Crippen molar-refractivity contribution in [2.45, 2.75) is 59.3 Å². The van der Waals surface area contributed by atoms with Gasteiger partial charge in [0.05, 0.1) is 0 Å². The van der Waals surface area contributed by atoms with Crippen LogP contribution in [0.3, 0.4) is 0 Å². The van der Waals surface area contributed by atoms with Gasteiger partial charge in [0.15, 0.2) is 17.3 Å². The van der Waals surface area contributed by atoms with Crippen molar-refractivity contribution in [2.75, 3.05) is 0 Å². The monoisotopic (exact) mass is 288 g/mol. The van der Waals surface area contributed by atoms with Gasteiger partial charge in [0, 0.05) is 36.0 Å². The molecule has 0 spiro atoms. The fraction of sp³-hybridized carbons (Fsp3) is 0.500. The van der Waals surface area contributed by atoms with Crippen LogP contribution in [0.4, 0.5) is 0 Å². The van der Waals surface area contributed by atoms with Crippen molar-refractivity contribution in [3.8, 4) is 0 Å². The lowest BCUT2D eigenvalue weighted by Gasteiger charge is -2.09. The third kappa shape index (κ3) is 4.62.